The maximum atomic E-state index is 12.5. The first kappa shape index (κ1) is 19.5. The van der Waals surface area contributed by atoms with Crippen molar-refractivity contribution in [2.75, 3.05) is 20.6 Å². The molecule has 0 radical (unpaired) electrons. The molecule has 0 saturated carbocycles. The Kier molecular flexibility index (Phi) is 5.91. The van der Waals surface area contributed by atoms with Gasteiger partial charge in [-0.25, -0.2) is 9.48 Å². The summed E-state index contributed by atoms with van der Waals surface area (Å²) < 4.78 is 3.25. The van der Waals surface area contributed by atoms with Gasteiger partial charge in [0.15, 0.2) is 5.78 Å². The fraction of sp³-hybridized carbons (Fsp3) is 0.556. The Hall–Kier alpha value is -2.26. The van der Waals surface area contributed by atoms with Crippen LogP contribution in [-0.4, -0.2) is 57.6 Å². The van der Waals surface area contributed by atoms with E-state index in [1.807, 2.05) is 19.0 Å². The molecule has 0 spiro atoms. The summed E-state index contributed by atoms with van der Waals surface area (Å²) in [4.78, 5) is 38.9. The van der Waals surface area contributed by atoms with Crippen molar-refractivity contribution in [2.24, 2.45) is 0 Å². The fourth-order valence-electron chi connectivity index (χ4n) is 3.12. The number of amides is 1. The second-order valence-electron chi connectivity index (χ2n) is 7.13. The predicted octanol–water partition coefficient (Wildman–Crippen LogP) is 1.01. The van der Waals surface area contributed by atoms with Crippen LogP contribution in [0.15, 0.2) is 16.2 Å². The minimum absolute atomic E-state index is 0.0190. The van der Waals surface area contributed by atoms with Gasteiger partial charge in [0, 0.05) is 30.9 Å². The maximum absolute atomic E-state index is 12.5. The van der Waals surface area contributed by atoms with Crippen molar-refractivity contribution in [3.63, 3.8) is 0 Å². The molecule has 9 heteroatoms. The van der Waals surface area contributed by atoms with Crippen LogP contribution in [0.5, 0.6) is 0 Å². The number of carbonyl (C=O) groups excluding carboxylic acids is 2. The second-order valence-corrected chi connectivity index (χ2v) is 8.04. The highest BCUT2D eigenvalue weighted by atomic mass is 32.1. The smallest absolute Gasteiger partial charge is 0.345 e. The molecule has 0 aliphatic carbocycles. The average Bonchev–Trinajstić information content (AvgIpc) is 3.16. The van der Waals surface area contributed by atoms with E-state index in [-0.39, 0.29) is 23.4 Å². The van der Waals surface area contributed by atoms with Gasteiger partial charge in [0.05, 0.1) is 17.0 Å². The zero-order valence-electron chi connectivity index (χ0n) is 15.9. The molecule has 27 heavy (non-hydrogen) atoms. The van der Waals surface area contributed by atoms with Gasteiger partial charge in [-0.1, -0.05) is 0 Å². The SMILES string of the molecule is CC(=O)c1cc(C(=O)NC2CCc3nn(CCN(C)C)c(=O)n3CC2)cs1. The number of thiophene rings is 1. The number of hydrogen-bond acceptors (Lipinski definition) is 6. The van der Waals surface area contributed by atoms with E-state index in [9.17, 15) is 14.4 Å². The number of nitrogens with zero attached hydrogens (tertiary/aromatic N) is 4. The van der Waals surface area contributed by atoms with Crippen LogP contribution in [0.25, 0.3) is 0 Å². The lowest BCUT2D eigenvalue weighted by molar-refractivity contribution is 0.0933. The number of carbonyl (C=O) groups is 2. The topological polar surface area (TPSA) is 89.2 Å². The number of aryl methyl sites for hydroxylation is 1. The number of Topliss-reactive ketones (excluding diaryl/α,β-unsaturated/α-hetero) is 1. The van der Waals surface area contributed by atoms with Gasteiger partial charge >= 0.3 is 5.69 Å². The molecule has 0 fully saturated rings. The number of fused-ring (bicyclic) bond motifs is 1. The Balaban J connectivity index is 1.62. The molecule has 1 unspecified atom stereocenters. The molecule has 1 aliphatic heterocycles. The number of ketones is 1. The summed E-state index contributed by atoms with van der Waals surface area (Å²) in [6.45, 7) is 3.37. The van der Waals surface area contributed by atoms with E-state index < -0.39 is 0 Å². The quantitative estimate of drug-likeness (QED) is 0.742. The lowest BCUT2D eigenvalue weighted by Crippen LogP contribution is -2.35. The summed E-state index contributed by atoms with van der Waals surface area (Å²) in [7, 11) is 3.93. The largest absolute Gasteiger partial charge is 0.349 e. The monoisotopic (exact) mass is 391 g/mol. The molecule has 0 saturated heterocycles. The third-order valence-electron chi connectivity index (χ3n) is 4.72. The van der Waals surface area contributed by atoms with Gasteiger partial charge in [0.1, 0.15) is 5.82 Å². The molecule has 3 rings (SSSR count). The Morgan fingerprint density at radius 3 is 2.81 bits per heavy atom. The highest BCUT2D eigenvalue weighted by Gasteiger charge is 2.23. The summed E-state index contributed by atoms with van der Waals surface area (Å²) in [5.74, 6) is 0.570. The van der Waals surface area contributed by atoms with E-state index in [2.05, 4.69) is 10.4 Å². The van der Waals surface area contributed by atoms with E-state index in [0.717, 1.165) is 18.8 Å². The van der Waals surface area contributed by atoms with Crippen molar-refractivity contribution in [1.82, 2.24) is 24.6 Å². The van der Waals surface area contributed by atoms with Crippen LogP contribution >= 0.6 is 11.3 Å². The first-order valence-corrected chi connectivity index (χ1v) is 9.94. The molecule has 2 aromatic heterocycles. The third kappa shape index (κ3) is 4.54. The number of rotatable bonds is 6. The minimum Gasteiger partial charge on any atom is -0.349 e. The Morgan fingerprint density at radius 2 is 2.15 bits per heavy atom. The third-order valence-corrected chi connectivity index (χ3v) is 5.75. The van der Waals surface area contributed by atoms with E-state index in [1.165, 1.54) is 22.9 Å². The van der Waals surface area contributed by atoms with E-state index in [4.69, 9.17) is 0 Å². The highest BCUT2D eigenvalue weighted by Crippen LogP contribution is 2.17. The molecule has 1 atom stereocenters. The van der Waals surface area contributed by atoms with Gasteiger partial charge in [-0.15, -0.1) is 11.3 Å². The van der Waals surface area contributed by atoms with Gasteiger partial charge in [0.25, 0.3) is 5.91 Å². The second kappa shape index (κ2) is 8.18. The van der Waals surface area contributed by atoms with Crippen molar-refractivity contribution < 1.29 is 9.59 Å². The summed E-state index contributed by atoms with van der Waals surface area (Å²) >= 11 is 1.28. The molecule has 1 amide bonds. The lowest BCUT2D eigenvalue weighted by atomic mass is 10.1. The normalized spacial score (nSPS) is 16.8. The summed E-state index contributed by atoms with van der Waals surface area (Å²) in [6, 6.07) is 1.61. The molecule has 3 heterocycles. The predicted molar refractivity (Wildman–Crippen MR) is 104 cm³/mol. The van der Waals surface area contributed by atoms with Crippen molar-refractivity contribution in [2.45, 2.75) is 45.3 Å². The van der Waals surface area contributed by atoms with Crippen molar-refractivity contribution >= 4 is 23.0 Å². The van der Waals surface area contributed by atoms with Crippen LogP contribution < -0.4 is 11.0 Å². The van der Waals surface area contributed by atoms with Gasteiger partial charge in [0.2, 0.25) is 0 Å². The maximum Gasteiger partial charge on any atom is 0.345 e. The van der Waals surface area contributed by atoms with Gasteiger partial charge in [-0.3, -0.25) is 14.2 Å². The van der Waals surface area contributed by atoms with Crippen LogP contribution in [-0.2, 0) is 19.5 Å². The summed E-state index contributed by atoms with van der Waals surface area (Å²) in [5, 5.41) is 9.20. The van der Waals surface area contributed by atoms with Crippen molar-refractivity contribution in [3.8, 4) is 0 Å². The Bertz CT molecular complexity index is 895. The summed E-state index contributed by atoms with van der Waals surface area (Å²) in [5.41, 5.74) is 0.431. The average molecular weight is 391 g/mol. The van der Waals surface area contributed by atoms with Gasteiger partial charge in [-0.2, -0.15) is 5.10 Å². The fourth-order valence-corrected chi connectivity index (χ4v) is 3.91. The number of aromatic nitrogens is 3. The minimum atomic E-state index is -0.174. The zero-order chi connectivity index (χ0) is 19.6. The van der Waals surface area contributed by atoms with E-state index in [0.29, 0.717) is 36.4 Å². The number of nitrogens with one attached hydrogen (secondary N) is 1. The molecule has 1 N–H and O–H groups in total. The molecule has 1 aliphatic rings. The number of hydrogen-bond donors (Lipinski definition) is 1. The molecule has 146 valence electrons. The van der Waals surface area contributed by atoms with Crippen LogP contribution in [0.1, 0.15) is 45.6 Å². The molecule has 0 aromatic carbocycles. The first-order chi connectivity index (χ1) is 12.8. The Labute approximate surface area is 161 Å². The van der Waals surface area contributed by atoms with Crippen LogP contribution in [0.3, 0.4) is 0 Å². The van der Waals surface area contributed by atoms with Crippen LogP contribution in [0, 0.1) is 0 Å². The van der Waals surface area contributed by atoms with Crippen molar-refractivity contribution in [1.29, 1.82) is 0 Å². The van der Waals surface area contributed by atoms with Crippen molar-refractivity contribution in [3.05, 3.63) is 38.2 Å². The number of likely N-dealkylation sites (N-methyl/N-ethyl adjacent to an activating group) is 1. The zero-order valence-corrected chi connectivity index (χ0v) is 16.7. The van der Waals surface area contributed by atoms with Crippen LogP contribution in [0.4, 0.5) is 0 Å². The Morgan fingerprint density at radius 1 is 1.37 bits per heavy atom. The summed E-state index contributed by atoms with van der Waals surface area (Å²) in [6.07, 6.45) is 2.07. The van der Waals surface area contributed by atoms with E-state index >= 15 is 0 Å². The lowest BCUT2D eigenvalue weighted by Gasteiger charge is -2.15. The van der Waals surface area contributed by atoms with Crippen LogP contribution in [0.2, 0.25) is 0 Å². The standard InChI is InChI=1S/C18H25N5O3S/c1-12(24)15-10-13(11-27-15)17(25)19-14-4-5-16-20-23(9-8-21(2)3)18(26)22(16)7-6-14/h10-11,14H,4-9H2,1-3H3,(H,19,25). The molecular formula is C18H25N5O3S. The first-order valence-electron chi connectivity index (χ1n) is 9.06. The molecule has 2 aromatic rings. The highest BCUT2D eigenvalue weighted by molar-refractivity contribution is 7.12. The van der Waals surface area contributed by atoms with Gasteiger partial charge < -0.3 is 10.2 Å². The van der Waals surface area contributed by atoms with Gasteiger partial charge in [-0.05, 0) is 39.9 Å². The van der Waals surface area contributed by atoms with E-state index in [1.54, 1.807) is 16.0 Å². The molecular weight excluding hydrogens is 366 g/mol. The molecule has 8 nitrogen and oxygen atoms in total. The molecule has 0 bridgehead atoms.